The minimum atomic E-state index is 0.187. The Bertz CT molecular complexity index is 200. The highest BCUT2D eigenvalue weighted by molar-refractivity contribution is 5.79. The second-order valence-corrected chi connectivity index (χ2v) is 4.40. The summed E-state index contributed by atoms with van der Waals surface area (Å²) in [5, 5.41) is 0. The molecule has 0 aromatic heterocycles. The number of likely N-dealkylation sites (tertiary alicyclic amines) is 1. The van der Waals surface area contributed by atoms with Gasteiger partial charge in [0, 0.05) is 18.5 Å². The molecule has 0 spiro atoms. The summed E-state index contributed by atoms with van der Waals surface area (Å²) in [4.78, 5) is 13.7. The van der Waals surface area contributed by atoms with Crippen LogP contribution < -0.4 is 0 Å². The van der Waals surface area contributed by atoms with E-state index >= 15 is 0 Å². The summed E-state index contributed by atoms with van der Waals surface area (Å²) in [6.07, 6.45) is 3.94. The minimum absolute atomic E-state index is 0.187. The number of carbonyl (C=O) groups is 1. The van der Waals surface area contributed by atoms with Crippen LogP contribution in [0.2, 0.25) is 0 Å². The Balaban J connectivity index is 1.95. The van der Waals surface area contributed by atoms with Crippen LogP contribution in [0, 0.1) is 11.8 Å². The SMILES string of the molecule is CC(C)C(=O)N1CC2CCCC21. The van der Waals surface area contributed by atoms with E-state index < -0.39 is 0 Å². The molecule has 1 amide bonds. The molecule has 0 N–H and O–H groups in total. The first-order chi connectivity index (χ1) is 5.70. The van der Waals surface area contributed by atoms with Crippen molar-refractivity contribution in [2.45, 2.75) is 39.2 Å². The van der Waals surface area contributed by atoms with Gasteiger partial charge >= 0.3 is 0 Å². The molecule has 1 heterocycles. The second kappa shape index (κ2) is 2.75. The van der Waals surface area contributed by atoms with Crippen LogP contribution >= 0.6 is 0 Å². The number of rotatable bonds is 1. The summed E-state index contributed by atoms with van der Waals surface area (Å²) in [5.41, 5.74) is 0. The first-order valence-electron chi connectivity index (χ1n) is 5.00. The molecule has 0 aromatic carbocycles. The van der Waals surface area contributed by atoms with Gasteiger partial charge < -0.3 is 4.90 Å². The molecule has 68 valence electrons. The van der Waals surface area contributed by atoms with E-state index in [1.165, 1.54) is 19.3 Å². The molecule has 2 heteroatoms. The van der Waals surface area contributed by atoms with Crippen LogP contribution in [0.4, 0.5) is 0 Å². The van der Waals surface area contributed by atoms with E-state index in [9.17, 15) is 4.79 Å². The second-order valence-electron chi connectivity index (χ2n) is 4.40. The van der Waals surface area contributed by atoms with Crippen molar-refractivity contribution >= 4 is 5.91 Å². The maximum Gasteiger partial charge on any atom is 0.225 e. The van der Waals surface area contributed by atoms with Crippen molar-refractivity contribution in [2.24, 2.45) is 11.8 Å². The van der Waals surface area contributed by atoms with Crippen LogP contribution in [0.15, 0.2) is 0 Å². The first kappa shape index (κ1) is 8.09. The van der Waals surface area contributed by atoms with Gasteiger partial charge in [-0.25, -0.2) is 0 Å². The predicted octanol–water partition coefficient (Wildman–Crippen LogP) is 1.65. The highest BCUT2D eigenvalue weighted by Crippen LogP contribution is 2.39. The molecule has 2 atom stereocenters. The lowest BCUT2D eigenvalue weighted by atomic mass is 9.90. The maximum atomic E-state index is 11.6. The lowest BCUT2D eigenvalue weighted by Gasteiger charge is -2.45. The number of hydrogen-bond acceptors (Lipinski definition) is 1. The fourth-order valence-corrected chi connectivity index (χ4v) is 2.48. The average Bonchev–Trinajstić information content (AvgIpc) is 2.32. The molecule has 1 aliphatic heterocycles. The molecular formula is C10H17NO. The van der Waals surface area contributed by atoms with Crippen molar-refractivity contribution in [1.82, 2.24) is 4.90 Å². The van der Waals surface area contributed by atoms with Crippen LogP contribution in [-0.2, 0) is 4.79 Å². The Kier molecular flexibility index (Phi) is 1.85. The van der Waals surface area contributed by atoms with E-state index in [-0.39, 0.29) is 5.92 Å². The van der Waals surface area contributed by atoms with E-state index in [1.54, 1.807) is 0 Å². The summed E-state index contributed by atoms with van der Waals surface area (Å²) in [6, 6.07) is 0.625. The normalized spacial score (nSPS) is 33.4. The average molecular weight is 167 g/mol. The Hall–Kier alpha value is -0.530. The number of fused-ring (bicyclic) bond motifs is 1. The van der Waals surface area contributed by atoms with Crippen molar-refractivity contribution in [3.8, 4) is 0 Å². The fourth-order valence-electron chi connectivity index (χ4n) is 2.48. The first-order valence-corrected chi connectivity index (χ1v) is 5.00. The topological polar surface area (TPSA) is 20.3 Å². The highest BCUT2D eigenvalue weighted by Gasteiger charge is 2.44. The van der Waals surface area contributed by atoms with Crippen LogP contribution in [0.3, 0.4) is 0 Å². The van der Waals surface area contributed by atoms with Gasteiger partial charge in [0.2, 0.25) is 5.91 Å². The Morgan fingerprint density at radius 3 is 2.75 bits per heavy atom. The van der Waals surface area contributed by atoms with Gasteiger partial charge in [0.25, 0.3) is 0 Å². The van der Waals surface area contributed by atoms with E-state index in [4.69, 9.17) is 0 Å². The third-order valence-electron chi connectivity index (χ3n) is 3.23. The largest absolute Gasteiger partial charge is 0.339 e. The van der Waals surface area contributed by atoms with Gasteiger partial charge in [-0.2, -0.15) is 0 Å². The summed E-state index contributed by atoms with van der Waals surface area (Å²) in [6.45, 7) is 5.02. The lowest BCUT2D eigenvalue weighted by molar-refractivity contribution is -0.145. The molecule has 0 aromatic rings. The zero-order valence-corrected chi connectivity index (χ0v) is 7.92. The van der Waals surface area contributed by atoms with Gasteiger partial charge in [-0.15, -0.1) is 0 Å². The van der Waals surface area contributed by atoms with E-state index in [0.29, 0.717) is 11.9 Å². The highest BCUT2D eigenvalue weighted by atomic mass is 16.2. The molecule has 0 bridgehead atoms. The number of amides is 1. The molecule has 2 nitrogen and oxygen atoms in total. The maximum absolute atomic E-state index is 11.6. The monoisotopic (exact) mass is 167 g/mol. The molecule has 2 rings (SSSR count). The third-order valence-corrected chi connectivity index (χ3v) is 3.23. The molecule has 1 saturated heterocycles. The molecular weight excluding hydrogens is 150 g/mol. The number of carbonyl (C=O) groups excluding carboxylic acids is 1. The smallest absolute Gasteiger partial charge is 0.225 e. The molecule has 2 fully saturated rings. The lowest BCUT2D eigenvalue weighted by Crippen LogP contribution is -2.57. The summed E-state index contributed by atoms with van der Waals surface area (Å²) < 4.78 is 0. The Morgan fingerprint density at radius 2 is 2.17 bits per heavy atom. The standard InChI is InChI=1S/C10H17NO/c1-7(2)10(12)11-6-8-4-3-5-9(8)11/h7-9H,3-6H2,1-2H3. The molecule has 0 radical (unpaired) electrons. The van der Waals surface area contributed by atoms with Crippen LogP contribution in [0.25, 0.3) is 0 Å². The van der Waals surface area contributed by atoms with Crippen molar-refractivity contribution in [3.05, 3.63) is 0 Å². The molecule has 2 aliphatic rings. The number of hydrogen-bond donors (Lipinski definition) is 0. The summed E-state index contributed by atoms with van der Waals surface area (Å²) >= 11 is 0. The van der Waals surface area contributed by atoms with Gasteiger partial charge in [0.05, 0.1) is 0 Å². The van der Waals surface area contributed by atoms with E-state index in [0.717, 1.165) is 12.5 Å². The summed E-state index contributed by atoms with van der Waals surface area (Å²) in [7, 11) is 0. The van der Waals surface area contributed by atoms with Crippen LogP contribution in [-0.4, -0.2) is 23.4 Å². The van der Waals surface area contributed by atoms with Crippen molar-refractivity contribution in [3.63, 3.8) is 0 Å². The molecule has 1 saturated carbocycles. The van der Waals surface area contributed by atoms with Gasteiger partial charge in [0.15, 0.2) is 0 Å². The molecule has 12 heavy (non-hydrogen) atoms. The van der Waals surface area contributed by atoms with E-state index in [1.807, 2.05) is 13.8 Å². The molecule has 1 aliphatic carbocycles. The summed E-state index contributed by atoms with van der Waals surface area (Å²) in [5.74, 6) is 1.40. The third kappa shape index (κ3) is 1.05. The van der Waals surface area contributed by atoms with Crippen LogP contribution in [0.1, 0.15) is 33.1 Å². The Morgan fingerprint density at radius 1 is 1.42 bits per heavy atom. The minimum Gasteiger partial charge on any atom is -0.339 e. The van der Waals surface area contributed by atoms with Crippen molar-refractivity contribution in [1.29, 1.82) is 0 Å². The quantitative estimate of drug-likeness (QED) is 0.581. The van der Waals surface area contributed by atoms with Crippen molar-refractivity contribution in [2.75, 3.05) is 6.54 Å². The Labute approximate surface area is 73.9 Å². The zero-order valence-electron chi connectivity index (χ0n) is 7.92. The van der Waals surface area contributed by atoms with E-state index in [2.05, 4.69) is 4.90 Å². The van der Waals surface area contributed by atoms with Gasteiger partial charge in [0.1, 0.15) is 0 Å². The van der Waals surface area contributed by atoms with Gasteiger partial charge in [-0.1, -0.05) is 20.3 Å². The van der Waals surface area contributed by atoms with Crippen molar-refractivity contribution < 1.29 is 4.79 Å². The molecule has 2 unspecified atom stereocenters. The fraction of sp³-hybridized carbons (Fsp3) is 0.900. The zero-order chi connectivity index (χ0) is 8.72. The van der Waals surface area contributed by atoms with Gasteiger partial charge in [-0.05, 0) is 18.8 Å². The van der Waals surface area contributed by atoms with Crippen LogP contribution in [0.5, 0.6) is 0 Å². The van der Waals surface area contributed by atoms with Gasteiger partial charge in [-0.3, -0.25) is 4.79 Å². The number of nitrogens with zero attached hydrogens (tertiary/aromatic N) is 1. The predicted molar refractivity (Wildman–Crippen MR) is 47.7 cm³/mol.